The van der Waals surface area contributed by atoms with Crippen molar-refractivity contribution < 1.29 is 17.6 Å². The van der Waals surface area contributed by atoms with Gasteiger partial charge in [-0.05, 0) is 47.9 Å². The zero-order chi connectivity index (χ0) is 13.3. The molecular formula is C14H10F4. The van der Waals surface area contributed by atoms with Gasteiger partial charge in [-0.15, -0.1) is 0 Å². The standard InChI is InChI=1S/C14H10F4/c1-9-2-5-11(14(16,17)18)8-13(9)10-3-6-12(15)7-4-10/h2-8H,1H3. The lowest BCUT2D eigenvalue weighted by atomic mass is 9.98. The second-order valence-corrected chi connectivity index (χ2v) is 4.03. The van der Waals surface area contributed by atoms with E-state index < -0.39 is 17.6 Å². The van der Waals surface area contributed by atoms with Crippen molar-refractivity contribution in [2.45, 2.75) is 13.1 Å². The van der Waals surface area contributed by atoms with Crippen molar-refractivity contribution in [2.24, 2.45) is 0 Å². The van der Waals surface area contributed by atoms with E-state index in [9.17, 15) is 17.6 Å². The molecule has 2 aromatic carbocycles. The van der Waals surface area contributed by atoms with Crippen molar-refractivity contribution in [2.75, 3.05) is 0 Å². The predicted molar refractivity (Wildman–Crippen MR) is 61.6 cm³/mol. The highest BCUT2D eigenvalue weighted by Gasteiger charge is 2.30. The highest BCUT2D eigenvalue weighted by molar-refractivity contribution is 5.68. The quantitative estimate of drug-likeness (QED) is 0.640. The maximum atomic E-state index is 12.8. The van der Waals surface area contributed by atoms with E-state index in [4.69, 9.17) is 0 Å². The van der Waals surface area contributed by atoms with Crippen molar-refractivity contribution >= 4 is 0 Å². The van der Waals surface area contributed by atoms with Gasteiger partial charge in [0.25, 0.3) is 0 Å². The van der Waals surface area contributed by atoms with Crippen LogP contribution in [0.2, 0.25) is 0 Å². The van der Waals surface area contributed by atoms with Gasteiger partial charge in [-0.3, -0.25) is 0 Å². The molecule has 2 aromatic rings. The minimum atomic E-state index is -4.37. The van der Waals surface area contributed by atoms with Crippen LogP contribution in [0.3, 0.4) is 0 Å². The number of aryl methyl sites for hydroxylation is 1. The Kier molecular flexibility index (Phi) is 3.11. The summed E-state index contributed by atoms with van der Waals surface area (Å²) in [6, 6.07) is 8.95. The average Bonchev–Trinajstić information content (AvgIpc) is 2.29. The predicted octanol–water partition coefficient (Wildman–Crippen LogP) is 4.82. The molecule has 2 rings (SSSR count). The molecule has 0 radical (unpaired) electrons. The molecule has 4 heteroatoms. The SMILES string of the molecule is Cc1ccc(C(F)(F)F)cc1-c1ccc(F)cc1. The molecule has 0 N–H and O–H groups in total. The van der Waals surface area contributed by atoms with Gasteiger partial charge in [0.2, 0.25) is 0 Å². The molecule has 0 saturated heterocycles. The summed E-state index contributed by atoms with van der Waals surface area (Å²) in [6.07, 6.45) is -4.37. The summed E-state index contributed by atoms with van der Waals surface area (Å²) >= 11 is 0. The molecule has 0 amide bonds. The van der Waals surface area contributed by atoms with Gasteiger partial charge in [0.15, 0.2) is 0 Å². The number of rotatable bonds is 1. The first-order valence-electron chi connectivity index (χ1n) is 5.32. The van der Waals surface area contributed by atoms with Crippen molar-refractivity contribution in [1.29, 1.82) is 0 Å². The van der Waals surface area contributed by atoms with E-state index in [1.807, 2.05) is 0 Å². The molecule has 0 aliphatic carbocycles. The molecule has 0 unspecified atom stereocenters. The third-order valence-electron chi connectivity index (χ3n) is 2.72. The molecule has 0 fully saturated rings. The Labute approximate surface area is 102 Å². The van der Waals surface area contributed by atoms with Crippen LogP contribution >= 0.6 is 0 Å². The third-order valence-corrected chi connectivity index (χ3v) is 2.72. The molecule has 18 heavy (non-hydrogen) atoms. The fraction of sp³-hybridized carbons (Fsp3) is 0.143. The number of alkyl halides is 3. The highest BCUT2D eigenvalue weighted by atomic mass is 19.4. The second kappa shape index (κ2) is 4.44. The molecule has 0 bridgehead atoms. The highest BCUT2D eigenvalue weighted by Crippen LogP contribution is 2.33. The molecule has 0 atom stereocenters. The topological polar surface area (TPSA) is 0 Å². The number of benzene rings is 2. The first-order valence-corrected chi connectivity index (χ1v) is 5.32. The lowest BCUT2D eigenvalue weighted by molar-refractivity contribution is -0.137. The van der Waals surface area contributed by atoms with Crippen LogP contribution in [0.4, 0.5) is 17.6 Å². The molecule has 0 saturated carbocycles. The first kappa shape index (κ1) is 12.6. The molecule has 0 aliphatic heterocycles. The Balaban J connectivity index is 2.53. The molecule has 0 nitrogen and oxygen atoms in total. The summed E-state index contributed by atoms with van der Waals surface area (Å²) in [5.41, 5.74) is 1.05. The van der Waals surface area contributed by atoms with Gasteiger partial charge in [-0.25, -0.2) is 4.39 Å². The molecule has 0 aliphatic rings. The maximum absolute atomic E-state index is 12.8. The summed E-state index contributed by atoms with van der Waals surface area (Å²) < 4.78 is 50.6. The van der Waals surface area contributed by atoms with Crippen molar-refractivity contribution in [3.8, 4) is 11.1 Å². The van der Waals surface area contributed by atoms with Gasteiger partial charge in [-0.1, -0.05) is 18.2 Å². The van der Waals surface area contributed by atoms with Gasteiger partial charge in [-0.2, -0.15) is 13.2 Å². The third kappa shape index (κ3) is 2.53. The minimum Gasteiger partial charge on any atom is -0.207 e. The molecule has 0 spiro atoms. The summed E-state index contributed by atoms with van der Waals surface area (Å²) in [6.45, 7) is 1.72. The van der Waals surface area contributed by atoms with E-state index in [-0.39, 0.29) is 0 Å². The van der Waals surface area contributed by atoms with Crippen LogP contribution < -0.4 is 0 Å². The van der Waals surface area contributed by atoms with E-state index in [0.29, 0.717) is 11.1 Å². The summed E-state index contributed by atoms with van der Waals surface area (Å²) in [4.78, 5) is 0. The number of hydrogen-bond donors (Lipinski definition) is 0. The Morgan fingerprint density at radius 3 is 2.06 bits per heavy atom. The van der Waals surface area contributed by atoms with E-state index >= 15 is 0 Å². The van der Waals surface area contributed by atoms with Crippen LogP contribution in [0.15, 0.2) is 42.5 Å². The summed E-state index contributed by atoms with van der Waals surface area (Å²) in [5.74, 6) is -0.414. The number of halogens is 4. The normalized spacial score (nSPS) is 11.6. The van der Waals surface area contributed by atoms with Gasteiger partial charge in [0.1, 0.15) is 5.82 Å². The Morgan fingerprint density at radius 2 is 1.50 bits per heavy atom. The van der Waals surface area contributed by atoms with Gasteiger partial charge in [0.05, 0.1) is 5.56 Å². The van der Waals surface area contributed by atoms with Crippen LogP contribution in [0.1, 0.15) is 11.1 Å². The first-order chi connectivity index (χ1) is 8.38. The monoisotopic (exact) mass is 254 g/mol. The van der Waals surface area contributed by atoms with Crippen LogP contribution in [-0.2, 0) is 6.18 Å². The Bertz CT molecular complexity index is 553. The molecule has 94 valence electrons. The summed E-state index contributed by atoms with van der Waals surface area (Å²) in [7, 11) is 0. The van der Waals surface area contributed by atoms with Crippen LogP contribution in [-0.4, -0.2) is 0 Å². The van der Waals surface area contributed by atoms with E-state index in [2.05, 4.69) is 0 Å². The number of hydrogen-bond acceptors (Lipinski definition) is 0. The minimum absolute atomic E-state index is 0.414. The van der Waals surface area contributed by atoms with Gasteiger partial charge < -0.3 is 0 Å². The van der Waals surface area contributed by atoms with Crippen LogP contribution in [0.25, 0.3) is 11.1 Å². The average molecular weight is 254 g/mol. The largest absolute Gasteiger partial charge is 0.416 e. The second-order valence-electron chi connectivity index (χ2n) is 4.03. The van der Waals surface area contributed by atoms with Crippen LogP contribution in [0.5, 0.6) is 0 Å². The lowest BCUT2D eigenvalue weighted by Gasteiger charge is -2.11. The summed E-state index contributed by atoms with van der Waals surface area (Å²) in [5, 5.41) is 0. The molecule has 0 aromatic heterocycles. The fourth-order valence-electron chi connectivity index (χ4n) is 1.74. The van der Waals surface area contributed by atoms with Gasteiger partial charge >= 0.3 is 6.18 Å². The molecular weight excluding hydrogens is 244 g/mol. The van der Waals surface area contributed by atoms with E-state index in [1.165, 1.54) is 30.3 Å². The van der Waals surface area contributed by atoms with Crippen molar-refractivity contribution in [1.82, 2.24) is 0 Å². The van der Waals surface area contributed by atoms with E-state index in [0.717, 1.165) is 17.7 Å². The Hall–Kier alpha value is -1.84. The maximum Gasteiger partial charge on any atom is 0.416 e. The van der Waals surface area contributed by atoms with Crippen molar-refractivity contribution in [3.63, 3.8) is 0 Å². The fourth-order valence-corrected chi connectivity index (χ4v) is 1.74. The smallest absolute Gasteiger partial charge is 0.207 e. The van der Waals surface area contributed by atoms with Crippen molar-refractivity contribution in [3.05, 3.63) is 59.4 Å². The van der Waals surface area contributed by atoms with Crippen LogP contribution in [0, 0.1) is 12.7 Å². The Morgan fingerprint density at radius 1 is 0.889 bits per heavy atom. The van der Waals surface area contributed by atoms with Gasteiger partial charge in [0, 0.05) is 0 Å². The zero-order valence-corrected chi connectivity index (χ0v) is 9.55. The molecule has 0 heterocycles. The van der Waals surface area contributed by atoms with E-state index in [1.54, 1.807) is 6.92 Å². The lowest BCUT2D eigenvalue weighted by Crippen LogP contribution is -2.05. The zero-order valence-electron chi connectivity index (χ0n) is 9.55.